The Kier molecular flexibility index (Phi) is 5.93. The molecule has 1 fully saturated rings. The van der Waals surface area contributed by atoms with Crippen LogP contribution in [0, 0.1) is 0 Å². The molecule has 2 N–H and O–H groups in total. The van der Waals surface area contributed by atoms with E-state index < -0.39 is 11.9 Å². The zero-order valence-corrected chi connectivity index (χ0v) is 15.6. The van der Waals surface area contributed by atoms with E-state index in [9.17, 15) is 14.4 Å². The molecule has 0 radical (unpaired) electrons. The maximum atomic E-state index is 12.6. The summed E-state index contributed by atoms with van der Waals surface area (Å²) in [6, 6.07) is 13.5. The number of amides is 2. The SMILES string of the molecule is COc1ccc(CN(C(=O)COC(=O)c2ccc(C(N)=O)cc2)C2CC2)cc1. The van der Waals surface area contributed by atoms with E-state index in [1.807, 2.05) is 24.3 Å². The molecule has 1 aliphatic rings. The monoisotopic (exact) mass is 382 g/mol. The summed E-state index contributed by atoms with van der Waals surface area (Å²) in [5, 5.41) is 0. The average molecular weight is 382 g/mol. The molecule has 0 unspecified atom stereocenters. The molecular weight excluding hydrogens is 360 g/mol. The zero-order valence-electron chi connectivity index (χ0n) is 15.6. The van der Waals surface area contributed by atoms with Gasteiger partial charge in [-0.3, -0.25) is 9.59 Å². The summed E-state index contributed by atoms with van der Waals surface area (Å²) in [6.45, 7) is 0.126. The third-order valence-corrected chi connectivity index (χ3v) is 4.55. The first kappa shape index (κ1) is 19.4. The van der Waals surface area contributed by atoms with E-state index in [1.54, 1.807) is 12.0 Å². The number of ether oxygens (including phenoxy) is 2. The van der Waals surface area contributed by atoms with Crippen LogP contribution in [-0.2, 0) is 16.1 Å². The lowest BCUT2D eigenvalue weighted by Gasteiger charge is -2.22. The molecule has 1 saturated carbocycles. The summed E-state index contributed by atoms with van der Waals surface area (Å²) in [4.78, 5) is 37.6. The van der Waals surface area contributed by atoms with E-state index in [2.05, 4.69) is 0 Å². The lowest BCUT2D eigenvalue weighted by Crippen LogP contribution is -2.36. The van der Waals surface area contributed by atoms with E-state index in [4.69, 9.17) is 15.2 Å². The first-order chi connectivity index (χ1) is 13.5. The smallest absolute Gasteiger partial charge is 0.338 e. The van der Waals surface area contributed by atoms with E-state index in [1.165, 1.54) is 24.3 Å². The van der Waals surface area contributed by atoms with Crippen molar-refractivity contribution >= 4 is 17.8 Å². The Morgan fingerprint density at radius 1 is 1.00 bits per heavy atom. The number of nitrogens with zero attached hydrogens (tertiary/aromatic N) is 1. The molecule has 2 amide bonds. The summed E-state index contributed by atoms with van der Waals surface area (Å²) in [5.74, 6) is -0.678. The minimum atomic E-state index is -0.621. The normalized spacial score (nSPS) is 12.9. The number of primary amides is 1. The highest BCUT2D eigenvalue weighted by molar-refractivity contribution is 5.95. The second kappa shape index (κ2) is 8.56. The fraction of sp³-hybridized carbons (Fsp3) is 0.286. The van der Waals surface area contributed by atoms with Crippen LogP contribution in [0.25, 0.3) is 0 Å². The molecule has 0 aromatic heterocycles. The van der Waals surface area contributed by atoms with Crippen LogP contribution < -0.4 is 10.5 Å². The van der Waals surface area contributed by atoms with Crippen LogP contribution >= 0.6 is 0 Å². The largest absolute Gasteiger partial charge is 0.497 e. The number of carbonyl (C=O) groups is 3. The zero-order chi connectivity index (χ0) is 20.1. The van der Waals surface area contributed by atoms with Gasteiger partial charge in [0.25, 0.3) is 5.91 Å². The molecular formula is C21H22N2O5. The van der Waals surface area contributed by atoms with Crippen molar-refractivity contribution in [3.05, 3.63) is 65.2 Å². The molecule has 0 aliphatic heterocycles. The van der Waals surface area contributed by atoms with Crippen LogP contribution in [0.1, 0.15) is 39.1 Å². The predicted octanol–water partition coefficient (Wildman–Crippen LogP) is 2.14. The standard InChI is InChI=1S/C21H22N2O5/c1-27-18-10-2-14(3-11-18)12-23(17-8-9-17)19(24)13-28-21(26)16-6-4-15(5-7-16)20(22)25/h2-7,10-11,17H,8-9,12-13H2,1H3,(H2,22,25). The molecule has 0 atom stereocenters. The summed E-state index contributed by atoms with van der Waals surface area (Å²) < 4.78 is 10.3. The van der Waals surface area contributed by atoms with Gasteiger partial charge < -0.3 is 20.1 Å². The third kappa shape index (κ3) is 4.88. The first-order valence-electron chi connectivity index (χ1n) is 8.97. The predicted molar refractivity (Wildman–Crippen MR) is 102 cm³/mol. The topological polar surface area (TPSA) is 98.9 Å². The van der Waals surface area contributed by atoms with E-state index in [0.29, 0.717) is 12.1 Å². The molecule has 7 nitrogen and oxygen atoms in total. The molecule has 1 aliphatic carbocycles. The van der Waals surface area contributed by atoms with Crippen LogP contribution in [-0.4, -0.2) is 42.4 Å². The summed E-state index contributed by atoms with van der Waals surface area (Å²) >= 11 is 0. The average Bonchev–Trinajstić information content (AvgIpc) is 3.55. The maximum Gasteiger partial charge on any atom is 0.338 e. The van der Waals surface area contributed by atoms with Gasteiger partial charge >= 0.3 is 5.97 Å². The van der Waals surface area contributed by atoms with Gasteiger partial charge in [-0.2, -0.15) is 0 Å². The Morgan fingerprint density at radius 3 is 2.14 bits per heavy atom. The van der Waals surface area contributed by atoms with Crippen LogP contribution in [0.15, 0.2) is 48.5 Å². The summed E-state index contributed by atoms with van der Waals surface area (Å²) in [7, 11) is 1.60. The van der Waals surface area contributed by atoms with Gasteiger partial charge in [-0.1, -0.05) is 12.1 Å². The van der Waals surface area contributed by atoms with Crippen LogP contribution in [0.3, 0.4) is 0 Å². The highest BCUT2D eigenvalue weighted by Gasteiger charge is 2.33. The van der Waals surface area contributed by atoms with Gasteiger partial charge in [-0.25, -0.2) is 4.79 Å². The number of benzene rings is 2. The van der Waals surface area contributed by atoms with Gasteiger partial charge in [0.2, 0.25) is 5.91 Å². The van der Waals surface area contributed by atoms with E-state index in [-0.39, 0.29) is 24.1 Å². The molecule has 3 rings (SSSR count). The quantitative estimate of drug-likeness (QED) is 0.705. The van der Waals surface area contributed by atoms with E-state index in [0.717, 1.165) is 24.2 Å². The van der Waals surface area contributed by atoms with Crippen molar-refractivity contribution in [2.45, 2.75) is 25.4 Å². The Hall–Kier alpha value is -3.35. The van der Waals surface area contributed by atoms with Gasteiger partial charge in [0.15, 0.2) is 6.61 Å². The fourth-order valence-corrected chi connectivity index (χ4v) is 2.80. The Morgan fingerprint density at radius 2 is 1.61 bits per heavy atom. The van der Waals surface area contributed by atoms with Crippen molar-refractivity contribution < 1.29 is 23.9 Å². The molecule has 146 valence electrons. The van der Waals surface area contributed by atoms with Crippen LogP contribution in [0.5, 0.6) is 5.75 Å². The number of methoxy groups -OCH3 is 1. The Labute approximate surface area is 163 Å². The molecule has 0 saturated heterocycles. The van der Waals surface area contributed by atoms with Gasteiger partial charge in [0, 0.05) is 18.2 Å². The third-order valence-electron chi connectivity index (χ3n) is 4.55. The van der Waals surface area contributed by atoms with Gasteiger partial charge in [0.1, 0.15) is 5.75 Å². The highest BCUT2D eigenvalue weighted by atomic mass is 16.5. The van der Waals surface area contributed by atoms with Crippen molar-refractivity contribution in [1.29, 1.82) is 0 Å². The molecule has 28 heavy (non-hydrogen) atoms. The van der Waals surface area contributed by atoms with Gasteiger partial charge in [-0.05, 0) is 54.8 Å². The van der Waals surface area contributed by atoms with Crippen molar-refractivity contribution in [2.24, 2.45) is 5.73 Å². The minimum absolute atomic E-state index is 0.183. The van der Waals surface area contributed by atoms with Gasteiger partial charge in [-0.15, -0.1) is 0 Å². The fourth-order valence-electron chi connectivity index (χ4n) is 2.80. The van der Waals surface area contributed by atoms with Crippen molar-refractivity contribution in [3.8, 4) is 5.75 Å². The minimum Gasteiger partial charge on any atom is -0.497 e. The second-order valence-electron chi connectivity index (χ2n) is 6.62. The van der Waals surface area contributed by atoms with Crippen molar-refractivity contribution in [2.75, 3.05) is 13.7 Å². The number of rotatable bonds is 8. The molecule has 0 bridgehead atoms. The molecule has 2 aromatic rings. The van der Waals surface area contributed by atoms with E-state index >= 15 is 0 Å². The van der Waals surface area contributed by atoms with Gasteiger partial charge in [0.05, 0.1) is 12.7 Å². The van der Waals surface area contributed by atoms with Crippen LogP contribution in [0.2, 0.25) is 0 Å². The summed E-state index contributed by atoms with van der Waals surface area (Å²) in [6.07, 6.45) is 1.90. The number of nitrogens with two attached hydrogens (primary N) is 1. The van der Waals surface area contributed by atoms with Crippen molar-refractivity contribution in [3.63, 3.8) is 0 Å². The Bertz CT molecular complexity index is 857. The van der Waals surface area contributed by atoms with Crippen molar-refractivity contribution in [1.82, 2.24) is 4.90 Å². The second-order valence-corrected chi connectivity index (χ2v) is 6.62. The number of esters is 1. The lowest BCUT2D eigenvalue weighted by molar-refractivity contribution is -0.135. The number of hydrogen-bond acceptors (Lipinski definition) is 5. The maximum absolute atomic E-state index is 12.6. The molecule has 2 aromatic carbocycles. The highest BCUT2D eigenvalue weighted by Crippen LogP contribution is 2.29. The summed E-state index contributed by atoms with van der Waals surface area (Å²) in [5.41, 5.74) is 6.71. The first-order valence-corrected chi connectivity index (χ1v) is 8.97. The molecule has 7 heteroatoms. The van der Waals surface area contributed by atoms with Crippen LogP contribution in [0.4, 0.5) is 0 Å². The number of carbonyl (C=O) groups excluding carboxylic acids is 3. The lowest BCUT2D eigenvalue weighted by atomic mass is 10.1. The molecule has 0 heterocycles. The number of hydrogen-bond donors (Lipinski definition) is 1. The Balaban J connectivity index is 1.57. The molecule has 0 spiro atoms.